The lowest BCUT2D eigenvalue weighted by Gasteiger charge is -2.28. The summed E-state index contributed by atoms with van der Waals surface area (Å²) in [6.45, 7) is 4.48. The van der Waals surface area contributed by atoms with Gasteiger partial charge in [-0.15, -0.1) is 11.3 Å². The average Bonchev–Trinajstić information content (AvgIpc) is 3.23. The van der Waals surface area contributed by atoms with Crippen LogP contribution < -0.4 is 16.0 Å². The molecule has 148 valence electrons. The van der Waals surface area contributed by atoms with E-state index in [1.807, 2.05) is 31.2 Å². The van der Waals surface area contributed by atoms with Crippen LogP contribution in [0, 0.1) is 0 Å². The zero-order valence-electron chi connectivity index (χ0n) is 16.1. The minimum absolute atomic E-state index is 0.0870. The summed E-state index contributed by atoms with van der Waals surface area (Å²) in [4.78, 5) is 25.9. The maximum absolute atomic E-state index is 12.5. The van der Waals surface area contributed by atoms with E-state index in [-0.39, 0.29) is 24.1 Å². The van der Waals surface area contributed by atoms with Crippen molar-refractivity contribution < 1.29 is 19.6 Å². The predicted molar refractivity (Wildman–Crippen MR) is 109 cm³/mol. The van der Waals surface area contributed by atoms with Crippen molar-refractivity contribution in [3.8, 4) is 0 Å². The lowest BCUT2D eigenvalue weighted by molar-refractivity contribution is -0.680. The number of hydrogen-bond donors (Lipinski definition) is 3. The Kier molecular flexibility index (Phi) is 6.84. The number of carbonyl (C=O) groups is 2. The molecule has 0 saturated heterocycles. The standard InChI is InChI=1S/C21H25N3O3S/c1-3-15-18(20(25)27-4-2)16(24-21(26)23-15)13-22-19(17-11-8-12-28-17)14-9-6-5-7-10-14/h5-12,15,19,22H,3-4,13H2,1-2H3,(H2,23,24,26)/p+1/t15-,19+/m1/s1. The molecule has 0 fully saturated rings. The molecule has 2 aromatic rings. The van der Waals surface area contributed by atoms with Gasteiger partial charge in [-0.1, -0.05) is 43.3 Å². The summed E-state index contributed by atoms with van der Waals surface area (Å²) in [7, 11) is 0. The highest BCUT2D eigenvalue weighted by Crippen LogP contribution is 2.23. The minimum Gasteiger partial charge on any atom is -0.463 e. The number of nitrogens with two attached hydrogens (primary N) is 1. The SMILES string of the molecule is CCOC(=O)C1=C(C[NH2+][C@@H](c2ccccc2)c2cccs2)NC(=O)N[C@@H]1CC. The van der Waals surface area contributed by atoms with Crippen molar-refractivity contribution in [1.82, 2.24) is 10.6 Å². The van der Waals surface area contributed by atoms with Crippen LogP contribution in [0.15, 0.2) is 59.1 Å². The average molecular weight is 401 g/mol. The summed E-state index contributed by atoms with van der Waals surface area (Å²) in [5.41, 5.74) is 2.31. The molecule has 1 aliphatic rings. The highest BCUT2D eigenvalue weighted by Gasteiger charge is 2.33. The highest BCUT2D eigenvalue weighted by molar-refractivity contribution is 7.10. The van der Waals surface area contributed by atoms with Crippen LogP contribution >= 0.6 is 11.3 Å². The van der Waals surface area contributed by atoms with Gasteiger partial charge in [0.15, 0.2) is 0 Å². The minimum atomic E-state index is -0.377. The summed E-state index contributed by atoms with van der Waals surface area (Å²) in [5, 5.41) is 9.84. The second-order valence-corrected chi connectivity index (χ2v) is 7.49. The highest BCUT2D eigenvalue weighted by atomic mass is 32.1. The van der Waals surface area contributed by atoms with Crippen molar-refractivity contribution in [3.05, 3.63) is 69.6 Å². The number of thiophene rings is 1. The molecule has 1 aromatic carbocycles. The van der Waals surface area contributed by atoms with Crippen LogP contribution in [0.4, 0.5) is 4.79 Å². The van der Waals surface area contributed by atoms with E-state index in [1.54, 1.807) is 18.3 Å². The van der Waals surface area contributed by atoms with Crippen molar-refractivity contribution in [2.45, 2.75) is 32.4 Å². The van der Waals surface area contributed by atoms with E-state index in [4.69, 9.17) is 4.74 Å². The summed E-state index contributed by atoms with van der Waals surface area (Å²) >= 11 is 1.69. The molecule has 0 radical (unpaired) electrons. The first-order chi connectivity index (χ1) is 13.6. The third kappa shape index (κ3) is 4.61. The van der Waals surface area contributed by atoms with Gasteiger partial charge in [0.25, 0.3) is 0 Å². The molecule has 1 aromatic heterocycles. The van der Waals surface area contributed by atoms with Crippen molar-refractivity contribution in [3.63, 3.8) is 0 Å². The second-order valence-electron chi connectivity index (χ2n) is 6.52. The monoisotopic (exact) mass is 400 g/mol. The number of benzene rings is 1. The molecule has 1 aliphatic heterocycles. The molecule has 2 amide bonds. The Bertz CT molecular complexity index is 834. The normalized spacial score (nSPS) is 17.6. The fourth-order valence-corrected chi connectivity index (χ4v) is 4.25. The Balaban J connectivity index is 1.89. The zero-order chi connectivity index (χ0) is 19.9. The van der Waals surface area contributed by atoms with Crippen molar-refractivity contribution in [2.24, 2.45) is 0 Å². The third-order valence-electron chi connectivity index (χ3n) is 4.71. The van der Waals surface area contributed by atoms with E-state index in [0.29, 0.717) is 30.8 Å². The molecule has 0 aliphatic carbocycles. The van der Waals surface area contributed by atoms with Crippen molar-refractivity contribution >= 4 is 23.3 Å². The molecule has 2 heterocycles. The van der Waals surface area contributed by atoms with E-state index >= 15 is 0 Å². The lowest BCUT2D eigenvalue weighted by Crippen LogP contribution is -2.86. The third-order valence-corrected chi connectivity index (χ3v) is 5.67. The predicted octanol–water partition coefficient (Wildman–Crippen LogP) is 2.31. The second kappa shape index (κ2) is 9.52. The number of ether oxygens (including phenoxy) is 1. The number of nitrogens with one attached hydrogen (secondary N) is 2. The Morgan fingerprint density at radius 3 is 2.64 bits per heavy atom. The first-order valence-corrected chi connectivity index (χ1v) is 10.4. The van der Waals surface area contributed by atoms with Gasteiger partial charge in [0.05, 0.1) is 28.8 Å². The van der Waals surface area contributed by atoms with Gasteiger partial charge in [-0.05, 0) is 24.8 Å². The van der Waals surface area contributed by atoms with Gasteiger partial charge in [0.2, 0.25) is 0 Å². The van der Waals surface area contributed by atoms with E-state index in [0.717, 1.165) is 0 Å². The summed E-state index contributed by atoms with van der Waals surface area (Å²) < 4.78 is 5.24. The van der Waals surface area contributed by atoms with E-state index in [9.17, 15) is 9.59 Å². The van der Waals surface area contributed by atoms with Crippen LogP contribution in [0.3, 0.4) is 0 Å². The molecule has 6 nitrogen and oxygen atoms in total. The molecule has 0 spiro atoms. The molecule has 4 N–H and O–H groups in total. The Morgan fingerprint density at radius 2 is 2.00 bits per heavy atom. The van der Waals surface area contributed by atoms with Crippen LogP contribution in [0.2, 0.25) is 0 Å². The molecule has 0 bridgehead atoms. The molecule has 0 unspecified atom stereocenters. The quantitative estimate of drug-likeness (QED) is 0.595. The van der Waals surface area contributed by atoms with E-state index in [1.165, 1.54) is 10.4 Å². The van der Waals surface area contributed by atoms with Crippen molar-refractivity contribution in [2.75, 3.05) is 13.2 Å². The Hall–Kier alpha value is -2.64. The number of carbonyl (C=O) groups excluding carboxylic acids is 2. The van der Waals surface area contributed by atoms with Gasteiger partial charge < -0.3 is 20.7 Å². The van der Waals surface area contributed by atoms with Gasteiger partial charge in [0.1, 0.15) is 12.6 Å². The van der Waals surface area contributed by atoms with Gasteiger partial charge in [-0.25, -0.2) is 9.59 Å². The topological polar surface area (TPSA) is 84.0 Å². The molecular formula is C21H26N3O3S+. The number of amides is 2. The molecule has 7 heteroatoms. The molecule has 28 heavy (non-hydrogen) atoms. The molecule has 2 atom stereocenters. The van der Waals surface area contributed by atoms with Gasteiger partial charge in [-0.3, -0.25) is 0 Å². The smallest absolute Gasteiger partial charge is 0.338 e. The molecule has 0 saturated carbocycles. The first kappa shape index (κ1) is 20.1. The van der Waals surface area contributed by atoms with Crippen LogP contribution in [0.1, 0.15) is 36.8 Å². The molecule has 3 rings (SSSR count). The fourth-order valence-electron chi connectivity index (χ4n) is 3.40. The summed E-state index contributed by atoms with van der Waals surface area (Å²) in [6.07, 6.45) is 0.623. The number of hydrogen-bond acceptors (Lipinski definition) is 4. The maximum Gasteiger partial charge on any atom is 0.338 e. The zero-order valence-corrected chi connectivity index (χ0v) is 16.9. The number of quaternary nitrogens is 1. The van der Waals surface area contributed by atoms with Gasteiger partial charge >= 0.3 is 12.0 Å². The van der Waals surface area contributed by atoms with Crippen LogP contribution in [-0.2, 0) is 9.53 Å². The molecular weight excluding hydrogens is 374 g/mol. The number of urea groups is 1. The van der Waals surface area contributed by atoms with Crippen molar-refractivity contribution in [1.29, 1.82) is 0 Å². The fraction of sp³-hybridized carbons (Fsp3) is 0.333. The maximum atomic E-state index is 12.5. The van der Waals surface area contributed by atoms with Crippen LogP contribution in [0.25, 0.3) is 0 Å². The van der Waals surface area contributed by atoms with E-state index < -0.39 is 0 Å². The van der Waals surface area contributed by atoms with Crippen LogP contribution in [-0.4, -0.2) is 31.2 Å². The van der Waals surface area contributed by atoms with Gasteiger partial charge in [0, 0.05) is 5.56 Å². The van der Waals surface area contributed by atoms with E-state index in [2.05, 4.69) is 39.5 Å². The number of rotatable bonds is 8. The summed E-state index contributed by atoms with van der Waals surface area (Å²) in [5.74, 6) is -0.377. The lowest BCUT2D eigenvalue weighted by atomic mass is 9.99. The summed E-state index contributed by atoms with van der Waals surface area (Å²) in [6, 6.07) is 13.8. The van der Waals surface area contributed by atoms with Gasteiger partial charge in [-0.2, -0.15) is 0 Å². The Labute approximate surface area is 169 Å². The van der Waals surface area contributed by atoms with Crippen LogP contribution in [0.5, 0.6) is 0 Å². The first-order valence-electron chi connectivity index (χ1n) is 9.53. The largest absolute Gasteiger partial charge is 0.463 e. The Morgan fingerprint density at radius 1 is 1.21 bits per heavy atom. The number of esters is 1.